The van der Waals surface area contributed by atoms with Gasteiger partial charge in [-0.15, -0.1) is 0 Å². The number of nitrogens with one attached hydrogen (secondary N) is 4. The molecule has 648 valence electrons. The summed E-state index contributed by atoms with van der Waals surface area (Å²) < 4.78 is 4.51. The third-order valence-corrected chi connectivity index (χ3v) is 26.7. The molecule has 0 aliphatic carbocycles. The van der Waals surface area contributed by atoms with Crippen molar-refractivity contribution in [1.82, 2.24) is 34.1 Å². The van der Waals surface area contributed by atoms with Crippen molar-refractivity contribution in [1.29, 1.82) is 0 Å². The first-order valence-corrected chi connectivity index (χ1v) is 45.9. The number of nitrogens with zero attached hydrogens (tertiary/aromatic N) is 7. The molecular formula is C123H77Li4N11O4+4. The summed E-state index contributed by atoms with van der Waals surface area (Å²) in [6.07, 6.45) is 7.19. The summed E-state index contributed by atoms with van der Waals surface area (Å²) in [6.45, 7) is 0. The van der Waals surface area contributed by atoms with Crippen LogP contribution in [0.4, 0.5) is 0 Å². The molecule has 27 aromatic rings. The monoisotopic (exact) mass is 1800 g/mol. The number of para-hydroxylation sites is 6. The number of imidazole rings is 2. The first-order valence-electron chi connectivity index (χ1n) is 45.9. The Labute approximate surface area is 862 Å². The number of aromatic nitrogens is 11. The molecule has 0 bridgehead atoms. The van der Waals surface area contributed by atoms with Gasteiger partial charge >= 0.3 is 75.4 Å². The molecule has 0 fully saturated rings. The van der Waals surface area contributed by atoms with E-state index in [1.807, 2.05) is 176 Å². The Morgan fingerprint density at radius 1 is 0.197 bits per heavy atom. The van der Waals surface area contributed by atoms with E-state index in [4.69, 9.17) is 24.9 Å². The Morgan fingerprint density at radius 2 is 0.507 bits per heavy atom. The van der Waals surface area contributed by atoms with Crippen molar-refractivity contribution in [3.63, 3.8) is 0 Å². The van der Waals surface area contributed by atoms with Crippen LogP contribution in [0.5, 0.6) is 23.0 Å². The van der Waals surface area contributed by atoms with Gasteiger partial charge in [0.1, 0.15) is 11.6 Å². The van der Waals surface area contributed by atoms with Crippen LogP contribution in [0.3, 0.4) is 0 Å². The Bertz CT molecular complexity index is 9460. The van der Waals surface area contributed by atoms with E-state index in [9.17, 15) is 20.4 Å². The fourth-order valence-electron chi connectivity index (χ4n) is 20.7. The minimum atomic E-state index is -0.0737. The predicted molar refractivity (Wildman–Crippen MR) is 547 cm³/mol. The van der Waals surface area contributed by atoms with E-state index in [1.54, 1.807) is 43.0 Å². The molecule has 19 heteroatoms. The Hall–Kier alpha value is -16.6. The quantitative estimate of drug-likeness (QED) is 0.0681. The maximum Gasteiger partial charge on any atom is 1.00 e. The van der Waals surface area contributed by atoms with Crippen LogP contribution >= 0.6 is 0 Å². The molecular weight excluding hydrogens is 1720 g/mol. The van der Waals surface area contributed by atoms with Gasteiger partial charge in [-0.05, 0) is 222 Å². The topological polar surface area (TPSA) is 223 Å². The van der Waals surface area contributed by atoms with Crippen molar-refractivity contribution >= 4 is 141 Å². The van der Waals surface area contributed by atoms with Gasteiger partial charge in [-0.25, -0.2) is 44.9 Å². The van der Waals surface area contributed by atoms with Crippen LogP contribution in [0.15, 0.2) is 443 Å². The minimum Gasteiger partial charge on any atom is -0.868 e. The van der Waals surface area contributed by atoms with Crippen molar-refractivity contribution < 1.29 is 116 Å². The van der Waals surface area contributed by atoms with Gasteiger partial charge in [-0.2, -0.15) is 0 Å². The Balaban J connectivity index is 0.000000127. The average molecular weight is 1800 g/mol. The molecule has 0 spiro atoms. The van der Waals surface area contributed by atoms with E-state index in [-0.39, 0.29) is 98.4 Å². The second kappa shape index (κ2) is 38.6. The maximum atomic E-state index is 13.9. The van der Waals surface area contributed by atoms with E-state index in [0.717, 1.165) is 209 Å². The van der Waals surface area contributed by atoms with Gasteiger partial charge in [-0.1, -0.05) is 315 Å². The number of hydrogen-bond donors (Lipinski definition) is 0. The Morgan fingerprint density at radius 3 is 0.930 bits per heavy atom. The number of aromatic amines is 4. The predicted octanol–water partition coefficient (Wildman–Crippen LogP) is 13.2. The van der Waals surface area contributed by atoms with Crippen LogP contribution in [0.2, 0.25) is 0 Å². The van der Waals surface area contributed by atoms with E-state index in [2.05, 4.69) is 254 Å². The van der Waals surface area contributed by atoms with Crippen LogP contribution in [-0.2, 0) is 0 Å². The molecule has 0 aliphatic rings. The largest absolute Gasteiger partial charge is 1.00 e. The molecule has 0 radical (unpaired) electrons. The van der Waals surface area contributed by atoms with Crippen LogP contribution in [0.25, 0.3) is 254 Å². The third kappa shape index (κ3) is 15.7. The number of benzene rings is 20. The fourth-order valence-corrected chi connectivity index (χ4v) is 20.7. The molecule has 4 N–H and O–H groups in total. The zero-order valence-electron chi connectivity index (χ0n) is 77.9. The molecule has 0 saturated heterocycles. The zero-order valence-corrected chi connectivity index (χ0v) is 77.9. The molecule has 0 unspecified atom stereocenters. The van der Waals surface area contributed by atoms with Crippen LogP contribution in [0, 0.1) is 0 Å². The van der Waals surface area contributed by atoms with Gasteiger partial charge in [0.15, 0.2) is 42.3 Å². The molecule has 7 aromatic heterocycles. The van der Waals surface area contributed by atoms with Gasteiger partial charge in [0.25, 0.3) is 0 Å². The van der Waals surface area contributed by atoms with E-state index < -0.39 is 0 Å². The fraction of sp³-hybridized carbons (Fsp3) is 0. The van der Waals surface area contributed by atoms with Crippen molar-refractivity contribution in [3.8, 4) is 136 Å². The SMILES string of the molecule is [Li+].[Li+].[Li+].[Li+].[O-]c1c(-c2c3ccccc3c(-c3nc4ccccc4n3-c3ccccc3)c3ccccc23)ccc2ccc[nH+]c12.[O-]c1ccc(-c2c3ccccc3c(-c3ccc([O-])c4[nH+]cccc34)c3c2ccc2c(-c4nc(-c5ccccc5)nc(-c5ccccc5)n4)cccc23)c2ccc[nH+]c12.[O-]c1ccc(-c2c3ccccc3c(-c3nc4ccccc4n3-c3ccccc3)c3ccccc23)c2ccc[nH+]c12. The summed E-state index contributed by atoms with van der Waals surface area (Å²) in [5, 5.41) is 71.2. The number of fused-ring (bicyclic) bond motifs is 14. The maximum absolute atomic E-state index is 13.9. The first kappa shape index (κ1) is 91.8. The van der Waals surface area contributed by atoms with Crippen LogP contribution < -0.4 is 116 Å². The second-order valence-electron chi connectivity index (χ2n) is 34.4. The number of hydrogen-bond acceptors (Lipinski definition) is 9. The smallest absolute Gasteiger partial charge is 0.868 e. The second-order valence-corrected chi connectivity index (χ2v) is 34.4. The standard InChI is InChI=1S/C51H31N5O2.2C36H23N3O.4Li/c57-42-26-24-36(38-20-10-28-52-47(38)42)44-34-16-7-8-17-35(34)45(37-25-27-43(58)48-39(37)21-11-29-53-48)46-33-18-9-19-40(32(33)22-23-41(44)46)51-55-49(30-12-3-1-4-13-30)54-50(56-51)31-14-5-2-6-15-31;40-35-29(21-20-23-11-10-22-37-34(23)35)32-25-14-4-6-16-27(25)33(28-17-7-5-15-26(28)32)36-38-30-18-8-9-19-31(30)39(36)24-12-2-1-3-13-24;40-32-21-20-28(29-17-10-22-37-35(29)32)33-24-13-4-6-15-26(24)34(27-16-7-5-14-25(27)33)36-38-30-18-8-9-19-31(30)39(36)23-11-2-1-3-12-23;;;;/h1-29,57-58H;2*1-22,40H;;;;/q;;;4*+1. The molecule has 27 rings (SSSR count). The first-order chi connectivity index (χ1) is 68.2. The molecule has 0 aliphatic heterocycles. The summed E-state index contributed by atoms with van der Waals surface area (Å²) in [5.74, 6) is 3.35. The average Bonchev–Trinajstić information content (AvgIpc) is 0.798. The summed E-state index contributed by atoms with van der Waals surface area (Å²) in [7, 11) is 0. The van der Waals surface area contributed by atoms with Crippen molar-refractivity contribution in [2.75, 3.05) is 0 Å². The molecule has 0 atom stereocenters. The third-order valence-electron chi connectivity index (χ3n) is 26.7. The Kier molecular flexibility index (Phi) is 25.0. The van der Waals surface area contributed by atoms with Gasteiger partial charge in [0, 0.05) is 68.8 Å². The van der Waals surface area contributed by atoms with Crippen LogP contribution in [0.1, 0.15) is 0 Å². The molecule has 0 saturated carbocycles. The van der Waals surface area contributed by atoms with Gasteiger partial charge in [0.05, 0.1) is 38.2 Å². The van der Waals surface area contributed by atoms with E-state index in [1.165, 1.54) is 0 Å². The number of rotatable bonds is 11. The summed E-state index contributed by atoms with van der Waals surface area (Å²) in [6, 6.07) is 141. The normalized spacial score (nSPS) is 11.3. The van der Waals surface area contributed by atoms with Crippen molar-refractivity contribution in [3.05, 3.63) is 443 Å². The molecule has 142 heavy (non-hydrogen) atoms. The molecule has 15 nitrogen and oxygen atoms in total. The minimum absolute atomic E-state index is 0. The zero-order chi connectivity index (χ0) is 92.0. The number of H-pyrrole nitrogens is 4. The van der Waals surface area contributed by atoms with Gasteiger partial charge in [-0.3, -0.25) is 9.13 Å². The van der Waals surface area contributed by atoms with Crippen molar-refractivity contribution in [2.24, 2.45) is 0 Å². The summed E-state index contributed by atoms with van der Waals surface area (Å²) >= 11 is 0. The molecule has 0 amide bonds. The summed E-state index contributed by atoms with van der Waals surface area (Å²) in [4.78, 5) is 38.5. The van der Waals surface area contributed by atoms with Crippen LogP contribution in [-0.4, -0.2) is 34.1 Å². The van der Waals surface area contributed by atoms with Crippen molar-refractivity contribution in [2.45, 2.75) is 0 Å². The van der Waals surface area contributed by atoms with E-state index >= 15 is 0 Å². The van der Waals surface area contributed by atoms with E-state index in [0.29, 0.717) is 45.1 Å². The number of pyridine rings is 4. The van der Waals surface area contributed by atoms with Gasteiger partial charge < -0.3 is 20.4 Å². The molecule has 7 heterocycles. The van der Waals surface area contributed by atoms with Gasteiger partial charge in [0.2, 0.25) is 22.1 Å². The summed E-state index contributed by atoms with van der Waals surface area (Å²) in [5.41, 5.74) is 20.9. The molecule has 20 aromatic carbocycles.